The topological polar surface area (TPSA) is 43.1 Å². The number of hydrogen-bond donors (Lipinski definition) is 0. The van der Waals surface area contributed by atoms with Crippen molar-refractivity contribution in [3.05, 3.63) is 64.0 Å². The van der Waals surface area contributed by atoms with Crippen LogP contribution in [0.1, 0.15) is 21.8 Å². The average Bonchev–Trinajstić information content (AvgIpc) is 2.81. The van der Waals surface area contributed by atoms with Crippen LogP contribution in [0.3, 0.4) is 0 Å². The van der Waals surface area contributed by atoms with Crippen molar-refractivity contribution in [2.45, 2.75) is 6.92 Å². The number of aromatic nitrogens is 1. The number of pyridine rings is 1. The van der Waals surface area contributed by atoms with Crippen LogP contribution >= 0.6 is 15.9 Å². The number of fused-ring (bicyclic) bond motifs is 1. The molecule has 0 aliphatic heterocycles. The molecule has 3 aromatic rings. The molecule has 0 saturated heterocycles. The van der Waals surface area contributed by atoms with Gasteiger partial charge in [-0.15, -0.1) is 0 Å². The molecule has 0 fully saturated rings. The number of carbonyl (C=O) groups is 1. The maximum Gasteiger partial charge on any atom is 0.228 e. The van der Waals surface area contributed by atoms with Gasteiger partial charge in [-0.25, -0.2) is 4.98 Å². The lowest BCUT2D eigenvalue weighted by Gasteiger charge is -1.97. The smallest absolute Gasteiger partial charge is 0.228 e. The molecule has 0 amide bonds. The Hall–Kier alpha value is -1.94. The van der Waals surface area contributed by atoms with E-state index in [1.54, 1.807) is 18.2 Å². The fraction of sp³-hybridized carbons (Fsp3) is 0.0667. The summed E-state index contributed by atoms with van der Waals surface area (Å²) in [5.41, 5.74) is 2.83. The van der Waals surface area contributed by atoms with E-state index in [9.17, 15) is 4.79 Å². The molecule has 0 saturated carbocycles. The number of halogens is 1. The minimum Gasteiger partial charge on any atom is -0.451 e. The fourth-order valence-electron chi connectivity index (χ4n) is 1.88. The predicted molar refractivity (Wildman–Crippen MR) is 76.3 cm³/mol. The van der Waals surface area contributed by atoms with E-state index >= 15 is 0 Å². The number of carbonyl (C=O) groups excluding carboxylic acids is 1. The van der Waals surface area contributed by atoms with Crippen molar-refractivity contribution < 1.29 is 9.21 Å². The molecular formula is C15H10BrNO2. The molecule has 0 radical (unpaired) electrons. The standard InChI is InChI=1S/C15H10BrNO2/c1-9-2-7-13-12(17-9)8-14(19-13)15(18)10-3-5-11(16)6-4-10/h2-8H,1H3. The first-order valence-electron chi connectivity index (χ1n) is 5.81. The van der Waals surface area contributed by atoms with E-state index < -0.39 is 0 Å². The third-order valence-corrected chi connectivity index (χ3v) is 3.37. The van der Waals surface area contributed by atoms with Crippen molar-refractivity contribution in [2.75, 3.05) is 0 Å². The summed E-state index contributed by atoms with van der Waals surface area (Å²) < 4.78 is 6.48. The number of rotatable bonds is 2. The summed E-state index contributed by atoms with van der Waals surface area (Å²) >= 11 is 3.34. The Balaban J connectivity index is 2.04. The van der Waals surface area contributed by atoms with Crippen LogP contribution in [0.2, 0.25) is 0 Å². The second-order valence-corrected chi connectivity index (χ2v) is 5.20. The lowest BCUT2D eigenvalue weighted by Crippen LogP contribution is -1.98. The molecule has 0 atom stereocenters. The van der Waals surface area contributed by atoms with Gasteiger partial charge in [0.25, 0.3) is 0 Å². The molecule has 0 aliphatic rings. The third kappa shape index (κ3) is 2.31. The van der Waals surface area contributed by atoms with Crippen molar-refractivity contribution in [3.63, 3.8) is 0 Å². The number of benzene rings is 1. The summed E-state index contributed by atoms with van der Waals surface area (Å²) in [6.07, 6.45) is 0. The van der Waals surface area contributed by atoms with Crippen molar-refractivity contribution in [1.82, 2.24) is 4.98 Å². The Kier molecular flexibility index (Phi) is 2.95. The quantitative estimate of drug-likeness (QED) is 0.668. The Morgan fingerprint density at radius 2 is 1.89 bits per heavy atom. The molecule has 3 rings (SSSR count). The molecular weight excluding hydrogens is 306 g/mol. The van der Waals surface area contributed by atoms with Crippen LogP contribution in [-0.4, -0.2) is 10.8 Å². The lowest BCUT2D eigenvalue weighted by molar-refractivity contribution is 0.101. The van der Waals surface area contributed by atoms with E-state index in [2.05, 4.69) is 20.9 Å². The summed E-state index contributed by atoms with van der Waals surface area (Å²) in [4.78, 5) is 16.6. The number of aryl methyl sites for hydroxylation is 1. The van der Waals surface area contributed by atoms with Crippen LogP contribution < -0.4 is 0 Å². The monoisotopic (exact) mass is 315 g/mol. The molecule has 19 heavy (non-hydrogen) atoms. The zero-order chi connectivity index (χ0) is 13.4. The van der Waals surface area contributed by atoms with Gasteiger partial charge >= 0.3 is 0 Å². The molecule has 0 spiro atoms. The molecule has 2 aromatic heterocycles. The van der Waals surface area contributed by atoms with Gasteiger partial charge in [-0.2, -0.15) is 0 Å². The van der Waals surface area contributed by atoms with E-state index in [-0.39, 0.29) is 5.78 Å². The van der Waals surface area contributed by atoms with Gasteiger partial charge in [0.05, 0.1) is 0 Å². The molecule has 0 N–H and O–H groups in total. The van der Waals surface area contributed by atoms with E-state index in [4.69, 9.17) is 4.42 Å². The fourth-order valence-corrected chi connectivity index (χ4v) is 2.15. The molecule has 0 aliphatic carbocycles. The van der Waals surface area contributed by atoms with Crippen LogP contribution in [0.25, 0.3) is 11.1 Å². The minimum absolute atomic E-state index is 0.136. The summed E-state index contributed by atoms with van der Waals surface area (Å²) in [6, 6.07) is 12.6. The van der Waals surface area contributed by atoms with Gasteiger partial charge in [0.1, 0.15) is 5.52 Å². The summed E-state index contributed by atoms with van der Waals surface area (Å²) in [7, 11) is 0. The van der Waals surface area contributed by atoms with Crippen LogP contribution in [0.15, 0.2) is 51.4 Å². The van der Waals surface area contributed by atoms with Crippen LogP contribution in [0, 0.1) is 6.92 Å². The Bertz CT molecular complexity index is 759. The minimum atomic E-state index is -0.136. The first kappa shape index (κ1) is 12.1. The van der Waals surface area contributed by atoms with Gasteiger partial charge < -0.3 is 4.42 Å². The maximum atomic E-state index is 12.3. The van der Waals surface area contributed by atoms with E-state index in [1.165, 1.54) is 0 Å². The maximum absolute atomic E-state index is 12.3. The summed E-state index contributed by atoms with van der Waals surface area (Å²) in [5.74, 6) is 0.179. The highest BCUT2D eigenvalue weighted by molar-refractivity contribution is 9.10. The van der Waals surface area contributed by atoms with Crippen LogP contribution in [-0.2, 0) is 0 Å². The van der Waals surface area contributed by atoms with Gasteiger partial charge in [-0.3, -0.25) is 4.79 Å². The Labute approximate surface area is 118 Å². The molecule has 4 heteroatoms. The third-order valence-electron chi connectivity index (χ3n) is 2.84. The van der Waals surface area contributed by atoms with Crippen molar-refractivity contribution in [1.29, 1.82) is 0 Å². The van der Waals surface area contributed by atoms with Gasteiger partial charge in [0, 0.05) is 21.8 Å². The zero-order valence-electron chi connectivity index (χ0n) is 10.2. The number of furan rings is 1. The largest absolute Gasteiger partial charge is 0.451 e. The molecule has 94 valence electrons. The SMILES string of the molecule is Cc1ccc2oc(C(=O)c3ccc(Br)cc3)cc2n1. The lowest BCUT2D eigenvalue weighted by atomic mass is 10.1. The highest BCUT2D eigenvalue weighted by Gasteiger charge is 2.15. The highest BCUT2D eigenvalue weighted by atomic mass is 79.9. The second kappa shape index (κ2) is 4.63. The molecule has 0 unspecified atom stereocenters. The molecule has 2 heterocycles. The number of hydrogen-bond acceptors (Lipinski definition) is 3. The Morgan fingerprint density at radius 1 is 1.16 bits per heavy atom. The second-order valence-electron chi connectivity index (χ2n) is 4.28. The van der Waals surface area contributed by atoms with Gasteiger partial charge in [-0.1, -0.05) is 15.9 Å². The van der Waals surface area contributed by atoms with Crippen LogP contribution in [0.5, 0.6) is 0 Å². The van der Waals surface area contributed by atoms with Crippen molar-refractivity contribution in [2.24, 2.45) is 0 Å². The van der Waals surface area contributed by atoms with Crippen molar-refractivity contribution >= 4 is 32.8 Å². The van der Waals surface area contributed by atoms with E-state index in [0.29, 0.717) is 22.4 Å². The predicted octanol–water partition coefficient (Wildman–Crippen LogP) is 4.13. The average molecular weight is 316 g/mol. The van der Waals surface area contributed by atoms with Gasteiger partial charge in [0.15, 0.2) is 11.3 Å². The molecule has 3 nitrogen and oxygen atoms in total. The number of nitrogens with zero attached hydrogens (tertiary/aromatic N) is 1. The molecule has 1 aromatic carbocycles. The van der Waals surface area contributed by atoms with E-state index in [0.717, 1.165) is 10.2 Å². The number of ketones is 1. The highest BCUT2D eigenvalue weighted by Crippen LogP contribution is 2.21. The van der Waals surface area contributed by atoms with Crippen molar-refractivity contribution in [3.8, 4) is 0 Å². The molecule has 0 bridgehead atoms. The first-order chi connectivity index (χ1) is 9.13. The Morgan fingerprint density at radius 3 is 2.63 bits per heavy atom. The van der Waals surface area contributed by atoms with Crippen LogP contribution in [0.4, 0.5) is 0 Å². The summed E-state index contributed by atoms with van der Waals surface area (Å²) in [5, 5.41) is 0. The summed E-state index contributed by atoms with van der Waals surface area (Å²) in [6.45, 7) is 1.91. The van der Waals surface area contributed by atoms with Gasteiger partial charge in [0.2, 0.25) is 5.78 Å². The normalized spacial score (nSPS) is 10.8. The van der Waals surface area contributed by atoms with E-state index in [1.807, 2.05) is 31.2 Å². The van der Waals surface area contributed by atoms with Gasteiger partial charge in [-0.05, 0) is 43.3 Å². The zero-order valence-corrected chi connectivity index (χ0v) is 11.8. The first-order valence-corrected chi connectivity index (χ1v) is 6.60.